The molecule has 7 nitrogen and oxygen atoms in total. The van der Waals surface area contributed by atoms with Crippen LogP contribution in [-0.4, -0.2) is 41.4 Å². The zero-order valence-electron chi connectivity index (χ0n) is 16.3. The molecule has 0 radical (unpaired) electrons. The minimum absolute atomic E-state index is 0.0372. The minimum Gasteiger partial charge on any atom is -0.342 e. The van der Waals surface area contributed by atoms with Crippen molar-refractivity contribution < 1.29 is 9.59 Å². The maximum absolute atomic E-state index is 12.7. The molecule has 1 atom stereocenters. The number of H-pyrrole nitrogens is 1. The molecule has 2 heterocycles. The van der Waals surface area contributed by atoms with Crippen LogP contribution in [0.2, 0.25) is 5.02 Å². The van der Waals surface area contributed by atoms with Crippen LogP contribution in [0, 0.1) is 6.92 Å². The molecule has 1 saturated heterocycles. The quantitative estimate of drug-likeness (QED) is 0.615. The average Bonchev–Trinajstić information content (AvgIpc) is 3.12. The number of fused-ring (bicyclic) bond motifs is 1. The van der Waals surface area contributed by atoms with Crippen LogP contribution < -0.4 is 15.5 Å². The van der Waals surface area contributed by atoms with Gasteiger partial charge in [0.2, 0.25) is 5.91 Å². The average molecular weight is 412 g/mol. The van der Waals surface area contributed by atoms with Gasteiger partial charge < -0.3 is 20.5 Å². The molecule has 4 rings (SSSR count). The van der Waals surface area contributed by atoms with Gasteiger partial charge in [-0.05, 0) is 55.8 Å². The van der Waals surface area contributed by atoms with E-state index < -0.39 is 0 Å². The van der Waals surface area contributed by atoms with Crippen molar-refractivity contribution in [2.75, 3.05) is 24.5 Å². The van der Waals surface area contributed by atoms with E-state index in [4.69, 9.17) is 11.6 Å². The Kier molecular flexibility index (Phi) is 5.25. The third-order valence-corrected chi connectivity index (χ3v) is 5.30. The molecule has 1 fully saturated rings. The van der Waals surface area contributed by atoms with E-state index in [-0.39, 0.29) is 17.9 Å². The predicted octanol–water partition coefficient (Wildman–Crippen LogP) is 2.95. The minimum atomic E-state index is -0.302. The molecular weight excluding hydrogens is 390 g/mol. The van der Waals surface area contributed by atoms with Crippen molar-refractivity contribution >= 4 is 40.1 Å². The van der Waals surface area contributed by atoms with Crippen LogP contribution in [-0.2, 0) is 4.79 Å². The largest absolute Gasteiger partial charge is 0.342 e. The van der Waals surface area contributed by atoms with Gasteiger partial charge in [0.25, 0.3) is 5.91 Å². The van der Waals surface area contributed by atoms with Gasteiger partial charge in [-0.25, -0.2) is 4.98 Å². The smallest absolute Gasteiger partial charge is 0.251 e. The van der Waals surface area contributed by atoms with Crippen molar-refractivity contribution in [3.63, 3.8) is 0 Å². The van der Waals surface area contributed by atoms with E-state index in [1.54, 1.807) is 23.1 Å². The summed E-state index contributed by atoms with van der Waals surface area (Å²) in [4.78, 5) is 34.4. The first-order valence-corrected chi connectivity index (χ1v) is 9.88. The molecule has 0 unspecified atom stereocenters. The zero-order chi connectivity index (χ0) is 20.5. The molecule has 2 amide bonds. The van der Waals surface area contributed by atoms with Crippen LogP contribution in [0.5, 0.6) is 0 Å². The Morgan fingerprint density at radius 1 is 1.28 bits per heavy atom. The molecule has 0 spiro atoms. The van der Waals surface area contributed by atoms with Crippen molar-refractivity contribution in [2.45, 2.75) is 19.9 Å². The third-order valence-electron chi connectivity index (χ3n) is 5.06. The lowest BCUT2D eigenvalue weighted by Crippen LogP contribution is -2.48. The van der Waals surface area contributed by atoms with Crippen LogP contribution in [0.15, 0.2) is 36.4 Å². The number of hydrogen-bond donors (Lipinski definition) is 3. The van der Waals surface area contributed by atoms with E-state index in [2.05, 4.69) is 20.6 Å². The highest BCUT2D eigenvalue weighted by atomic mass is 35.5. The first-order chi connectivity index (χ1) is 13.9. The lowest BCUT2D eigenvalue weighted by atomic mass is 10.1. The van der Waals surface area contributed by atoms with Gasteiger partial charge in [0.15, 0.2) is 0 Å². The Bertz CT molecular complexity index is 1090. The number of aryl methyl sites for hydroxylation is 1. The fraction of sp³-hybridized carbons (Fsp3) is 0.286. The van der Waals surface area contributed by atoms with Crippen molar-refractivity contribution in [3.05, 3.63) is 58.4 Å². The highest BCUT2D eigenvalue weighted by Gasteiger charge is 2.22. The van der Waals surface area contributed by atoms with Gasteiger partial charge in [0, 0.05) is 29.4 Å². The second-order valence-corrected chi connectivity index (χ2v) is 7.64. The normalized spacial score (nSPS) is 15.6. The lowest BCUT2D eigenvalue weighted by Gasteiger charge is -2.29. The topological polar surface area (TPSA) is 90.1 Å². The number of nitrogens with one attached hydrogen (secondary N) is 3. The van der Waals surface area contributed by atoms with E-state index in [1.807, 2.05) is 32.0 Å². The molecule has 0 bridgehead atoms. The number of aromatic nitrogens is 2. The van der Waals surface area contributed by atoms with Crippen molar-refractivity contribution in [3.8, 4) is 0 Å². The Morgan fingerprint density at radius 3 is 2.86 bits per heavy atom. The summed E-state index contributed by atoms with van der Waals surface area (Å²) in [5.74, 6) is 0.503. The molecule has 1 aliphatic heterocycles. The number of rotatable bonds is 4. The molecule has 29 heavy (non-hydrogen) atoms. The van der Waals surface area contributed by atoms with Gasteiger partial charge in [0.1, 0.15) is 5.82 Å². The summed E-state index contributed by atoms with van der Waals surface area (Å²) in [6, 6.07) is 10.5. The summed E-state index contributed by atoms with van der Waals surface area (Å²) in [6.45, 7) is 5.50. The summed E-state index contributed by atoms with van der Waals surface area (Å²) < 4.78 is 0. The number of piperazine rings is 1. The molecule has 150 valence electrons. The lowest BCUT2D eigenvalue weighted by molar-refractivity contribution is -0.118. The number of anilines is 1. The number of aromatic amines is 1. The first-order valence-electron chi connectivity index (χ1n) is 9.50. The summed E-state index contributed by atoms with van der Waals surface area (Å²) in [7, 11) is 0. The van der Waals surface area contributed by atoms with Crippen molar-refractivity contribution in [1.82, 2.24) is 20.6 Å². The summed E-state index contributed by atoms with van der Waals surface area (Å²) in [6.07, 6.45) is 0. The van der Waals surface area contributed by atoms with Crippen LogP contribution in [0.4, 0.5) is 5.69 Å². The maximum Gasteiger partial charge on any atom is 0.251 e. The molecule has 8 heteroatoms. The fourth-order valence-electron chi connectivity index (χ4n) is 3.51. The van der Waals surface area contributed by atoms with Crippen molar-refractivity contribution in [1.29, 1.82) is 0 Å². The van der Waals surface area contributed by atoms with E-state index >= 15 is 0 Å². The van der Waals surface area contributed by atoms with Crippen LogP contribution >= 0.6 is 11.6 Å². The van der Waals surface area contributed by atoms with Gasteiger partial charge in [-0.15, -0.1) is 0 Å². The Labute approximate surface area is 173 Å². The van der Waals surface area contributed by atoms with Gasteiger partial charge in [-0.3, -0.25) is 9.59 Å². The number of carbonyl (C=O) groups is 2. The highest BCUT2D eigenvalue weighted by molar-refractivity contribution is 6.31. The van der Waals surface area contributed by atoms with Gasteiger partial charge in [-0.2, -0.15) is 0 Å². The summed E-state index contributed by atoms with van der Waals surface area (Å²) in [5.41, 5.74) is 3.90. The number of imidazole rings is 1. The monoisotopic (exact) mass is 411 g/mol. The molecule has 2 aromatic carbocycles. The van der Waals surface area contributed by atoms with Gasteiger partial charge >= 0.3 is 0 Å². The van der Waals surface area contributed by atoms with Gasteiger partial charge in [-0.1, -0.05) is 11.6 Å². The number of carbonyl (C=O) groups excluding carboxylic acids is 2. The molecule has 1 aromatic heterocycles. The second kappa shape index (κ2) is 7.85. The van der Waals surface area contributed by atoms with Crippen molar-refractivity contribution in [2.24, 2.45) is 0 Å². The highest BCUT2D eigenvalue weighted by Crippen LogP contribution is 2.23. The fourth-order valence-corrected chi connectivity index (χ4v) is 3.68. The number of nitrogens with zero attached hydrogens (tertiary/aromatic N) is 2. The van der Waals surface area contributed by atoms with Crippen LogP contribution in [0.1, 0.15) is 34.7 Å². The van der Waals surface area contributed by atoms with Crippen LogP contribution in [0.25, 0.3) is 11.0 Å². The van der Waals surface area contributed by atoms with E-state index in [0.717, 1.165) is 28.8 Å². The molecule has 3 N–H and O–H groups in total. The Hall–Kier alpha value is -2.90. The first kappa shape index (κ1) is 19.4. The summed E-state index contributed by atoms with van der Waals surface area (Å²) >= 11 is 6.01. The number of amides is 2. The van der Waals surface area contributed by atoms with E-state index in [0.29, 0.717) is 29.5 Å². The van der Waals surface area contributed by atoms with Gasteiger partial charge in [0.05, 0.1) is 23.6 Å². The SMILES string of the molecule is Cc1cc(C(=O)N[C@@H](C)c2nc3cc(Cl)ccc3[nH]2)ccc1N1CCNCC1=O. The third kappa shape index (κ3) is 3.97. The molecule has 0 saturated carbocycles. The van der Waals surface area contributed by atoms with Crippen LogP contribution in [0.3, 0.4) is 0 Å². The van der Waals surface area contributed by atoms with E-state index in [9.17, 15) is 9.59 Å². The number of halogens is 1. The molecular formula is C21H22ClN5O2. The molecule has 3 aromatic rings. The molecule has 1 aliphatic rings. The number of hydrogen-bond acceptors (Lipinski definition) is 4. The molecule has 0 aliphatic carbocycles. The predicted molar refractivity (Wildman–Crippen MR) is 113 cm³/mol. The summed E-state index contributed by atoms with van der Waals surface area (Å²) in [5, 5.41) is 6.64. The Morgan fingerprint density at radius 2 is 2.10 bits per heavy atom. The standard InChI is InChI=1S/C21H22ClN5O2/c1-12-9-14(3-6-18(12)27-8-7-23-11-19(27)28)21(29)24-13(2)20-25-16-5-4-15(22)10-17(16)26-20/h3-6,9-10,13,23H,7-8,11H2,1-2H3,(H,24,29)(H,25,26)/t13-/m0/s1. The Balaban J connectivity index is 1.50. The number of benzene rings is 2. The van der Waals surface area contributed by atoms with E-state index in [1.165, 1.54) is 0 Å². The zero-order valence-corrected chi connectivity index (χ0v) is 17.0. The second-order valence-electron chi connectivity index (χ2n) is 7.20. The maximum atomic E-state index is 12.7.